The third kappa shape index (κ3) is 2.62. The number of anilines is 1. The Morgan fingerprint density at radius 1 is 1.56 bits per heavy atom. The van der Waals surface area contributed by atoms with Crippen molar-refractivity contribution in [3.8, 4) is 0 Å². The molecule has 0 spiro atoms. The Hall–Kier alpha value is -2.02. The highest BCUT2D eigenvalue weighted by atomic mass is 32.1. The van der Waals surface area contributed by atoms with Gasteiger partial charge in [0.05, 0.1) is 27.9 Å². The van der Waals surface area contributed by atoms with Crippen LogP contribution < -0.4 is 5.32 Å². The number of nitro groups is 1. The largest absolute Gasteiger partial charge is 0.374 e. The number of hydrogen-bond donors (Lipinski definition) is 1. The van der Waals surface area contributed by atoms with Crippen LogP contribution in [0.3, 0.4) is 0 Å². The number of nitrogens with zero attached hydrogens (tertiary/aromatic N) is 2. The molecule has 18 heavy (non-hydrogen) atoms. The fourth-order valence-electron chi connectivity index (χ4n) is 1.48. The molecule has 5 nitrogen and oxygen atoms in total. The lowest BCUT2D eigenvalue weighted by molar-refractivity contribution is -0.384. The minimum absolute atomic E-state index is 0.102. The highest BCUT2D eigenvalue weighted by molar-refractivity contribution is 7.07. The molecule has 94 valence electrons. The van der Waals surface area contributed by atoms with E-state index in [1.54, 1.807) is 5.51 Å². The third-order valence-corrected chi connectivity index (χ3v) is 3.03. The number of benzene rings is 1. The minimum Gasteiger partial charge on any atom is -0.374 e. The normalized spacial score (nSPS) is 12.1. The molecule has 0 saturated heterocycles. The molecular weight excluding hydrogens is 257 g/mol. The molecule has 0 aliphatic heterocycles. The van der Waals surface area contributed by atoms with Gasteiger partial charge in [0, 0.05) is 17.5 Å². The Bertz CT molecular complexity index is 559. The first-order chi connectivity index (χ1) is 8.58. The average Bonchev–Trinajstić information content (AvgIpc) is 2.85. The molecule has 7 heteroatoms. The topological polar surface area (TPSA) is 68.1 Å². The van der Waals surface area contributed by atoms with Gasteiger partial charge in [0.15, 0.2) is 0 Å². The van der Waals surface area contributed by atoms with Crippen LogP contribution in [-0.4, -0.2) is 9.91 Å². The van der Waals surface area contributed by atoms with E-state index in [9.17, 15) is 14.5 Å². The Morgan fingerprint density at radius 3 is 2.94 bits per heavy atom. The van der Waals surface area contributed by atoms with Gasteiger partial charge in [0.2, 0.25) is 0 Å². The molecule has 0 aliphatic rings. The summed E-state index contributed by atoms with van der Waals surface area (Å²) in [6.07, 6.45) is 0. The molecule has 0 radical (unpaired) electrons. The van der Waals surface area contributed by atoms with Crippen molar-refractivity contribution in [3.05, 3.63) is 50.7 Å². The molecule has 0 saturated carbocycles. The summed E-state index contributed by atoms with van der Waals surface area (Å²) in [5.41, 5.74) is 2.40. The standard InChI is InChI=1S/C11H10FN3O2S/c1-7(11-5-18-6-13-11)14-10-4-8(15(16)17)2-3-9(10)12/h2-7,14H,1H3. The van der Waals surface area contributed by atoms with Gasteiger partial charge >= 0.3 is 0 Å². The number of halogens is 1. The van der Waals surface area contributed by atoms with Crippen molar-refractivity contribution < 1.29 is 9.31 Å². The molecule has 1 unspecified atom stereocenters. The van der Waals surface area contributed by atoms with E-state index < -0.39 is 10.7 Å². The van der Waals surface area contributed by atoms with Crippen LogP contribution in [0.1, 0.15) is 18.7 Å². The second kappa shape index (κ2) is 5.09. The lowest BCUT2D eigenvalue weighted by Crippen LogP contribution is -2.08. The lowest BCUT2D eigenvalue weighted by Gasteiger charge is -2.13. The van der Waals surface area contributed by atoms with Crippen molar-refractivity contribution in [1.82, 2.24) is 4.98 Å². The molecule has 2 aromatic rings. The van der Waals surface area contributed by atoms with E-state index in [0.717, 1.165) is 17.8 Å². The van der Waals surface area contributed by atoms with Crippen LogP contribution in [-0.2, 0) is 0 Å². The second-order valence-electron chi connectivity index (χ2n) is 3.70. The number of nitro benzene ring substituents is 1. The zero-order chi connectivity index (χ0) is 13.1. The number of non-ortho nitro benzene ring substituents is 1. The molecule has 1 N–H and O–H groups in total. The number of aromatic nitrogens is 1. The van der Waals surface area contributed by atoms with Crippen molar-refractivity contribution in [2.24, 2.45) is 0 Å². The third-order valence-electron chi connectivity index (χ3n) is 2.43. The van der Waals surface area contributed by atoms with Crippen LogP contribution in [0.2, 0.25) is 0 Å². The Balaban J connectivity index is 2.23. The van der Waals surface area contributed by atoms with Crippen LogP contribution in [0.5, 0.6) is 0 Å². The van der Waals surface area contributed by atoms with Crippen molar-refractivity contribution in [3.63, 3.8) is 0 Å². The molecule has 0 bridgehead atoms. The van der Waals surface area contributed by atoms with Crippen molar-refractivity contribution in [2.75, 3.05) is 5.32 Å². The summed E-state index contributed by atoms with van der Waals surface area (Å²) < 4.78 is 13.5. The summed E-state index contributed by atoms with van der Waals surface area (Å²) in [5.74, 6) is -0.525. The van der Waals surface area contributed by atoms with E-state index >= 15 is 0 Å². The lowest BCUT2D eigenvalue weighted by atomic mass is 10.2. The zero-order valence-electron chi connectivity index (χ0n) is 9.46. The number of rotatable bonds is 4. The van der Waals surface area contributed by atoms with Crippen molar-refractivity contribution in [1.29, 1.82) is 0 Å². The molecule has 1 heterocycles. The first-order valence-corrected chi connectivity index (χ1v) is 6.11. The summed E-state index contributed by atoms with van der Waals surface area (Å²) in [4.78, 5) is 14.2. The minimum atomic E-state index is -0.557. The fraction of sp³-hybridized carbons (Fsp3) is 0.182. The zero-order valence-corrected chi connectivity index (χ0v) is 10.3. The Morgan fingerprint density at radius 2 is 2.33 bits per heavy atom. The van der Waals surface area contributed by atoms with E-state index in [0.29, 0.717) is 0 Å². The highest BCUT2D eigenvalue weighted by Crippen LogP contribution is 2.25. The van der Waals surface area contributed by atoms with E-state index in [1.807, 2.05) is 12.3 Å². The molecule has 0 amide bonds. The van der Waals surface area contributed by atoms with Gasteiger partial charge in [-0.25, -0.2) is 9.37 Å². The number of hydrogen-bond acceptors (Lipinski definition) is 5. The predicted octanol–water partition coefficient (Wildman–Crippen LogP) is 3.36. The van der Waals surface area contributed by atoms with Crippen LogP contribution >= 0.6 is 11.3 Å². The maximum absolute atomic E-state index is 13.5. The molecule has 1 aromatic carbocycles. The summed E-state index contributed by atoms with van der Waals surface area (Å²) in [6.45, 7) is 1.81. The maximum Gasteiger partial charge on any atom is 0.271 e. The van der Waals surface area contributed by atoms with Gasteiger partial charge in [-0.3, -0.25) is 10.1 Å². The molecule has 2 rings (SSSR count). The Kier molecular flexibility index (Phi) is 3.52. The van der Waals surface area contributed by atoms with E-state index in [4.69, 9.17) is 0 Å². The SMILES string of the molecule is CC(Nc1cc([N+](=O)[O-])ccc1F)c1cscn1. The van der Waals surface area contributed by atoms with E-state index in [-0.39, 0.29) is 17.4 Å². The van der Waals surface area contributed by atoms with Gasteiger partial charge < -0.3 is 5.32 Å². The fourth-order valence-corrected chi connectivity index (χ4v) is 2.13. The molecule has 0 fully saturated rings. The smallest absolute Gasteiger partial charge is 0.271 e. The summed E-state index contributed by atoms with van der Waals surface area (Å²) in [6, 6.07) is 3.17. The van der Waals surface area contributed by atoms with Crippen molar-refractivity contribution >= 4 is 22.7 Å². The van der Waals surface area contributed by atoms with Crippen LogP contribution in [0.4, 0.5) is 15.8 Å². The van der Waals surface area contributed by atoms with E-state index in [2.05, 4.69) is 10.3 Å². The summed E-state index contributed by atoms with van der Waals surface area (Å²) in [7, 11) is 0. The quantitative estimate of drug-likeness (QED) is 0.681. The molecule has 1 atom stereocenters. The predicted molar refractivity (Wildman–Crippen MR) is 67.2 cm³/mol. The highest BCUT2D eigenvalue weighted by Gasteiger charge is 2.14. The van der Waals surface area contributed by atoms with Gasteiger partial charge in [-0.15, -0.1) is 11.3 Å². The van der Waals surface area contributed by atoms with Gasteiger partial charge in [-0.05, 0) is 13.0 Å². The second-order valence-corrected chi connectivity index (χ2v) is 4.42. The first-order valence-electron chi connectivity index (χ1n) is 5.16. The molecule has 1 aromatic heterocycles. The van der Waals surface area contributed by atoms with Gasteiger partial charge in [0.25, 0.3) is 5.69 Å². The van der Waals surface area contributed by atoms with Gasteiger partial charge in [0.1, 0.15) is 5.82 Å². The van der Waals surface area contributed by atoms with Gasteiger partial charge in [-0.2, -0.15) is 0 Å². The van der Waals surface area contributed by atoms with E-state index in [1.165, 1.54) is 17.4 Å². The maximum atomic E-state index is 13.5. The van der Waals surface area contributed by atoms with Crippen molar-refractivity contribution in [2.45, 2.75) is 13.0 Å². The number of nitrogens with one attached hydrogen (secondary N) is 1. The monoisotopic (exact) mass is 267 g/mol. The summed E-state index contributed by atoms with van der Waals surface area (Å²) >= 11 is 1.44. The summed E-state index contributed by atoms with van der Waals surface area (Å²) in [5, 5.41) is 15.3. The first kappa shape index (κ1) is 12.4. The Labute approximate surface area is 106 Å². The van der Waals surface area contributed by atoms with Gasteiger partial charge in [-0.1, -0.05) is 0 Å². The molecular formula is C11H10FN3O2S. The van der Waals surface area contributed by atoms with Crippen LogP contribution in [0.15, 0.2) is 29.1 Å². The average molecular weight is 267 g/mol. The van der Waals surface area contributed by atoms with Crippen LogP contribution in [0, 0.1) is 15.9 Å². The number of thiazole rings is 1. The van der Waals surface area contributed by atoms with Crippen LogP contribution in [0.25, 0.3) is 0 Å². The molecule has 0 aliphatic carbocycles.